The van der Waals surface area contributed by atoms with Gasteiger partial charge in [0.05, 0.1) is 6.54 Å². The van der Waals surface area contributed by atoms with E-state index in [9.17, 15) is 0 Å². The van der Waals surface area contributed by atoms with Crippen LogP contribution in [0.1, 0.15) is 5.56 Å². The lowest BCUT2D eigenvalue weighted by Gasteiger charge is -1.98. The second-order valence-electron chi connectivity index (χ2n) is 3.04. The van der Waals surface area contributed by atoms with E-state index in [1.807, 2.05) is 12.5 Å². The number of tetrazole rings is 1. The van der Waals surface area contributed by atoms with Crippen LogP contribution < -0.4 is 0 Å². The Hall–Kier alpha value is -1.43. The molecule has 0 fully saturated rings. The first-order chi connectivity index (χ1) is 6.88. The van der Waals surface area contributed by atoms with Gasteiger partial charge in [0, 0.05) is 16.7 Å². The van der Waals surface area contributed by atoms with Gasteiger partial charge in [0.25, 0.3) is 0 Å². The molecule has 0 saturated heterocycles. The summed E-state index contributed by atoms with van der Waals surface area (Å²) in [5.41, 5.74) is 2.09. The smallest absolute Gasteiger partial charge is 0.201 e. The summed E-state index contributed by atoms with van der Waals surface area (Å²) in [5, 5.41) is 11.4. The molecule has 0 atom stereocenters. The first-order valence-corrected chi connectivity index (χ1v) is 5.40. The zero-order valence-electron chi connectivity index (χ0n) is 7.51. The van der Waals surface area contributed by atoms with Gasteiger partial charge < -0.3 is 0 Å². The summed E-state index contributed by atoms with van der Waals surface area (Å²) in [4.78, 5) is 5.53. The molecular formula is C8H7N5S. The van der Waals surface area contributed by atoms with Crippen LogP contribution in [0.25, 0.3) is 11.5 Å². The van der Waals surface area contributed by atoms with E-state index in [0.717, 1.165) is 18.1 Å². The van der Waals surface area contributed by atoms with Crippen molar-refractivity contribution in [2.45, 2.75) is 11.4 Å². The molecule has 0 radical (unpaired) electrons. The van der Waals surface area contributed by atoms with Crippen LogP contribution in [0, 0.1) is 0 Å². The number of aromatic nitrogens is 5. The van der Waals surface area contributed by atoms with Crippen molar-refractivity contribution in [3.8, 4) is 11.5 Å². The Morgan fingerprint density at radius 1 is 1.50 bits per heavy atom. The van der Waals surface area contributed by atoms with Crippen molar-refractivity contribution < 1.29 is 0 Å². The third-order valence-electron chi connectivity index (χ3n) is 2.24. The van der Waals surface area contributed by atoms with E-state index >= 15 is 0 Å². The SMILES string of the molecule is CSc1cnc2c(c1)Cn1nnnc1-2. The summed E-state index contributed by atoms with van der Waals surface area (Å²) in [6.45, 7) is 0.735. The number of thioether (sulfide) groups is 1. The number of rotatable bonds is 1. The van der Waals surface area contributed by atoms with Crippen molar-refractivity contribution in [2.75, 3.05) is 6.26 Å². The van der Waals surface area contributed by atoms with Gasteiger partial charge in [0.15, 0.2) is 0 Å². The molecule has 70 valence electrons. The fourth-order valence-corrected chi connectivity index (χ4v) is 1.98. The van der Waals surface area contributed by atoms with Crippen molar-refractivity contribution >= 4 is 11.8 Å². The Balaban J connectivity index is 2.18. The van der Waals surface area contributed by atoms with E-state index in [-0.39, 0.29) is 0 Å². The number of fused-ring (bicyclic) bond motifs is 3. The minimum atomic E-state index is 0.735. The second-order valence-corrected chi connectivity index (χ2v) is 3.92. The fourth-order valence-electron chi connectivity index (χ4n) is 1.56. The molecule has 5 nitrogen and oxygen atoms in total. The van der Waals surface area contributed by atoms with Crippen LogP contribution >= 0.6 is 11.8 Å². The Morgan fingerprint density at radius 2 is 2.43 bits per heavy atom. The Labute approximate surface area is 84.5 Å². The average molecular weight is 205 g/mol. The van der Waals surface area contributed by atoms with Gasteiger partial charge in [-0.3, -0.25) is 4.98 Å². The standard InChI is InChI=1S/C8H7N5S/c1-14-6-2-5-4-13-8(10-11-12-13)7(5)9-3-6/h2-3H,4H2,1H3. The first-order valence-electron chi connectivity index (χ1n) is 4.18. The third kappa shape index (κ3) is 0.971. The van der Waals surface area contributed by atoms with Gasteiger partial charge in [-0.1, -0.05) is 0 Å². The second kappa shape index (κ2) is 2.78. The zero-order valence-corrected chi connectivity index (χ0v) is 8.32. The van der Waals surface area contributed by atoms with Crippen LogP contribution in [0.5, 0.6) is 0 Å². The minimum absolute atomic E-state index is 0.735. The van der Waals surface area contributed by atoms with Gasteiger partial charge in [-0.25, -0.2) is 4.68 Å². The van der Waals surface area contributed by atoms with E-state index in [4.69, 9.17) is 0 Å². The molecule has 0 aliphatic carbocycles. The summed E-state index contributed by atoms with van der Waals surface area (Å²) in [5.74, 6) is 0.771. The van der Waals surface area contributed by atoms with Crippen LogP contribution in [0.2, 0.25) is 0 Å². The van der Waals surface area contributed by atoms with Gasteiger partial charge >= 0.3 is 0 Å². The van der Waals surface area contributed by atoms with Crippen LogP contribution in [-0.4, -0.2) is 31.4 Å². The lowest BCUT2D eigenvalue weighted by molar-refractivity contribution is 0.670. The van der Waals surface area contributed by atoms with Gasteiger partial charge in [0.1, 0.15) is 5.69 Å². The molecule has 0 aromatic carbocycles. The topological polar surface area (TPSA) is 56.5 Å². The lowest BCUT2D eigenvalue weighted by Crippen LogP contribution is -1.95. The summed E-state index contributed by atoms with van der Waals surface area (Å²) in [6.07, 6.45) is 3.89. The summed E-state index contributed by atoms with van der Waals surface area (Å²) in [6, 6.07) is 2.13. The largest absolute Gasteiger partial charge is 0.251 e. The maximum Gasteiger partial charge on any atom is 0.201 e. The van der Waals surface area contributed by atoms with Crippen molar-refractivity contribution in [2.24, 2.45) is 0 Å². The quantitative estimate of drug-likeness (QED) is 0.550. The van der Waals surface area contributed by atoms with Gasteiger partial charge in [-0.15, -0.1) is 16.9 Å². The van der Waals surface area contributed by atoms with Gasteiger partial charge in [-0.05, 0) is 22.7 Å². The third-order valence-corrected chi connectivity index (χ3v) is 2.94. The number of nitrogens with zero attached hydrogens (tertiary/aromatic N) is 5. The van der Waals surface area contributed by atoms with E-state index in [1.54, 1.807) is 16.4 Å². The van der Waals surface area contributed by atoms with Gasteiger partial charge in [-0.2, -0.15) is 0 Å². The Bertz CT molecular complexity index is 492. The fraction of sp³-hybridized carbons (Fsp3) is 0.250. The highest BCUT2D eigenvalue weighted by atomic mass is 32.2. The van der Waals surface area contributed by atoms with Crippen molar-refractivity contribution in [3.63, 3.8) is 0 Å². The molecule has 6 heteroatoms. The molecule has 1 aliphatic rings. The predicted molar refractivity (Wildman–Crippen MR) is 51.9 cm³/mol. The molecule has 0 bridgehead atoms. The highest BCUT2D eigenvalue weighted by molar-refractivity contribution is 7.98. The summed E-state index contributed by atoms with van der Waals surface area (Å²) in [7, 11) is 0. The summed E-state index contributed by atoms with van der Waals surface area (Å²) >= 11 is 1.69. The van der Waals surface area contributed by atoms with Crippen molar-refractivity contribution in [3.05, 3.63) is 17.8 Å². The van der Waals surface area contributed by atoms with Crippen LogP contribution in [0.4, 0.5) is 0 Å². The highest BCUT2D eigenvalue weighted by Gasteiger charge is 2.22. The molecule has 3 heterocycles. The van der Waals surface area contributed by atoms with E-state index in [2.05, 4.69) is 26.6 Å². The van der Waals surface area contributed by atoms with Crippen LogP contribution in [-0.2, 0) is 6.54 Å². The molecule has 0 amide bonds. The molecule has 14 heavy (non-hydrogen) atoms. The molecule has 0 saturated carbocycles. The zero-order chi connectivity index (χ0) is 9.54. The maximum atomic E-state index is 4.36. The van der Waals surface area contributed by atoms with Crippen LogP contribution in [0.15, 0.2) is 17.2 Å². The molecule has 0 unspecified atom stereocenters. The molecule has 0 N–H and O–H groups in total. The van der Waals surface area contributed by atoms with Crippen molar-refractivity contribution in [1.29, 1.82) is 0 Å². The molecular weight excluding hydrogens is 198 g/mol. The Morgan fingerprint density at radius 3 is 3.29 bits per heavy atom. The summed E-state index contributed by atoms with van der Waals surface area (Å²) < 4.78 is 1.77. The molecule has 3 rings (SSSR count). The first kappa shape index (κ1) is 7.93. The van der Waals surface area contributed by atoms with E-state index < -0.39 is 0 Å². The van der Waals surface area contributed by atoms with Crippen LogP contribution in [0.3, 0.4) is 0 Å². The molecule has 2 aromatic rings. The van der Waals surface area contributed by atoms with E-state index in [1.165, 1.54) is 10.5 Å². The minimum Gasteiger partial charge on any atom is -0.251 e. The maximum absolute atomic E-state index is 4.36. The molecule has 2 aromatic heterocycles. The number of hydrogen-bond acceptors (Lipinski definition) is 5. The monoisotopic (exact) mass is 205 g/mol. The predicted octanol–water partition coefficient (Wildman–Crippen LogP) is 0.819. The lowest BCUT2D eigenvalue weighted by atomic mass is 10.2. The highest BCUT2D eigenvalue weighted by Crippen LogP contribution is 2.28. The van der Waals surface area contributed by atoms with Crippen molar-refractivity contribution in [1.82, 2.24) is 25.2 Å². The van der Waals surface area contributed by atoms with Gasteiger partial charge in [0.2, 0.25) is 5.82 Å². The molecule has 0 spiro atoms. The average Bonchev–Trinajstić information content (AvgIpc) is 2.75. The normalized spacial score (nSPS) is 12.6. The molecule has 1 aliphatic heterocycles. The number of hydrogen-bond donors (Lipinski definition) is 0. The Kier molecular flexibility index (Phi) is 1.57. The van der Waals surface area contributed by atoms with E-state index in [0.29, 0.717) is 0 Å². The number of pyridine rings is 1.